The van der Waals surface area contributed by atoms with Gasteiger partial charge in [-0.3, -0.25) is 0 Å². The van der Waals surface area contributed by atoms with Crippen LogP contribution in [0.3, 0.4) is 0 Å². The highest BCUT2D eigenvalue weighted by atomic mass is 32.2. The number of aromatic nitrogens is 2. The van der Waals surface area contributed by atoms with Crippen molar-refractivity contribution in [3.63, 3.8) is 0 Å². The summed E-state index contributed by atoms with van der Waals surface area (Å²) >= 11 is 1.59. The maximum atomic E-state index is 12.6. The molecule has 1 aromatic carbocycles. The molecule has 0 aliphatic rings. The van der Waals surface area contributed by atoms with Crippen LogP contribution in [0, 0.1) is 0 Å². The molecule has 0 aliphatic carbocycles. The molecule has 0 saturated heterocycles. The summed E-state index contributed by atoms with van der Waals surface area (Å²) < 4.78 is 37.7. The van der Waals surface area contributed by atoms with Gasteiger partial charge in [0.2, 0.25) is 0 Å². The van der Waals surface area contributed by atoms with Gasteiger partial charge < -0.3 is 4.98 Å². The van der Waals surface area contributed by atoms with Gasteiger partial charge in [-0.25, -0.2) is 4.79 Å². The zero-order valence-electron chi connectivity index (χ0n) is 10.9. The molecule has 0 radical (unpaired) electrons. The van der Waals surface area contributed by atoms with E-state index in [-0.39, 0.29) is 5.69 Å². The molecular formula is C14H11F3N2OS. The van der Waals surface area contributed by atoms with Crippen molar-refractivity contribution in [3.05, 3.63) is 57.8 Å². The van der Waals surface area contributed by atoms with Crippen molar-refractivity contribution in [2.45, 2.75) is 11.1 Å². The third-order valence-corrected chi connectivity index (χ3v) is 3.38. The van der Waals surface area contributed by atoms with Crippen LogP contribution in [-0.2, 0) is 6.18 Å². The Morgan fingerprint density at radius 3 is 2.43 bits per heavy atom. The third-order valence-electron chi connectivity index (χ3n) is 2.63. The minimum atomic E-state index is -4.61. The van der Waals surface area contributed by atoms with E-state index in [1.54, 1.807) is 22.8 Å². The average molecular weight is 312 g/mol. The lowest BCUT2D eigenvalue weighted by Gasteiger charge is -2.05. The van der Waals surface area contributed by atoms with Crippen molar-refractivity contribution in [1.82, 2.24) is 9.97 Å². The Bertz CT molecular complexity index is 705. The van der Waals surface area contributed by atoms with Crippen molar-refractivity contribution >= 4 is 23.9 Å². The smallest absolute Gasteiger partial charge is 0.302 e. The molecule has 2 aromatic rings. The van der Waals surface area contributed by atoms with Crippen LogP contribution < -0.4 is 5.69 Å². The summed E-state index contributed by atoms with van der Waals surface area (Å²) in [5.74, 6) is 0. The van der Waals surface area contributed by atoms with E-state index in [2.05, 4.69) is 4.98 Å². The predicted molar refractivity (Wildman–Crippen MR) is 77.0 cm³/mol. The second-order valence-corrected chi connectivity index (χ2v) is 5.01. The lowest BCUT2D eigenvalue weighted by Crippen LogP contribution is -2.19. The molecule has 0 bridgehead atoms. The lowest BCUT2D eigenvalue weighted by molar-refractivity contribution is -0.141. The lowest BCUT2D eigenvalue weighted by atomic mass is 10.2. The topological polar surface area (TPSA) is 45.8 Å². The van der Waals surface area contributed by atoms with Crippen LogP contribution in [0.15, 0.2) is 40.0 Å². The van der Waals surface area contributed by atoms with Gasteiger partial charge in [-0.2, -0.15) is 18.2 Å². The number of rotatable bonds is 3. The van der Waals surface area contributed by atoms with Crippen molar-refractivity contribution < 1.29 is 13.2 Å². The molecule has 1 aromatic heterocycles. The first-order valence-electron chi connectivity index (χ1n) is 5.89. The molecular weight excluding hydrogens is 301 g/mol. The molecule has 7 heteroatoms. The van der Waals surface area contributed by atoms with E-state index in [1.165, 1.54) is 6.08 Å². The van der Waals surface area contributed by atoms with Crippen LogP contribution in [0.4, 0.5) is 13.2 Å². The summed E-state index contributed by atoms with van der Waals surface area (Å²) in [5.41, 5.74) is -1.37. The molecule has 3 nitrogen and oxygen atoms in total. The second kappa shape index (κ2) is 6.17. The number of H-pyrrole nitrogens is 1. The van der Waals surface area contributed by atoms with E-state index in [9.17, 15) is 18.0 Å². The molecule has 0 saturated carbocycles. The summed E-state index contributed by atoms with van der Waals surface area (Å²) in [6.45, 7) is 0. The Morgan fingerprint density at radius 1 is 1.19 bits per heavy atom. The van der Waals surface area contributed by atoms with E-state index in [0.717, 1.165) is 16.5 Å². The van der Waals surface area contributed by atoms with Crippen LogP contribution in [0.5, 0.6) is 0 Å². The second-order valence-electron chi connectivity index (χ2n) is 4.13. The van der Waals surface area contributed by atoms with Gasteiger partial charge in [-0.05, 0) is 36.1 Å². The average Bonchev–Trinajstić information content (AvgIpc) is 2.44. The fourth-order valence-corrected chi connectivity index (χ4v) is 2.02. The predicted octanol–water partition coefficient (Wildman–Crippen LogP) is 3.68. The van der Waals surface area contributed by atoms with Gasteiger partial charge in [0, 0.05) is 4.90 Å². The minimum Gasteiger partial charge on any atom is -0.302 e. The highest BCUT2D eigenvalue weighted by Gasteiger charge is 2.32. The van der Waals surface area contributed by atoms with Gasteiger partial charge >= 0.3 is 11.9 Å². The van der Waals surface area contributed by atoms with E-state index >= 15 is 0 Å². The molecule has 110 valence electrons. The Balaban J connectivity index is 2.28. The number of alkyl halides is 3. The number of halogens is 3. The molecule has 0 amide bonds. The van der Waals surface area contributed by atoms with E-state index in [4.69, 9.17) is 0 Å². The van der Waals surface area contributed by atoms with Gasteiger partial charge in [0.25, 0.3) is 0 Å². The number of nitrogens with one attached hydrogen (secondary N) is 1. The number of hydrogen-bond acceptors (Lipinski definition) is 3. The van der Waals surface area contributed by atoms with Crippen LogP contribution in [0.2, 0.25) is 0 Å². The minimum absolute atomic E-state index is 0.0416. The largest absolute Gasteiger partial charge is 0.431 e. The molecule has 0 fully saturated rings. The first kappa shape index (κ1) is 15.4. The zero-order valence-corrected chi connectivity index (χ0v) is 11.8. The Kier molecular flexibility index (Phi) is 4.52. The maximum absolute atomic E-state index is 12.6. The van der Waals surface area contributed by atoms with Crippen LogP contribution in [0.25, 0.3) is 12.2 Å². The molecule has 1 N–H and O–H groups in total. The highest BCUT2D eigenvalue weighted by molar-refractivity contribution is 7.98. The number of nitrogens with zero attached hydrogens (tertiary/aromatic N) is 1. The Hall–Kier alpha value is -2.02. The Morgan fingerprint density at radius 2 is 1.86 bits per heavy atom. The highest BCUT2D eigenvalue weighted by Crippen LogP contribution is 2.27. The quantitative estimate of drug-likeness (QED) is 0.879. The number of hydrogen-bond donors (Lipinski definition) is 1. The SMILES string of the molecule is CSc1ccc(/C=C/c2cc(C(F)(F)F)[nH]c(=O)n2)cc1. The van der Waals surface area contributed by atoms with E-state index in [0.29, 0.717) is 0 Å². The summed E-state index contributed by atoms with van der Waals surface area (Å²) in [4.78, 5) is 17.4. The fraction of sp³-hybridized carbons (Fsp3) is 0.143. The number of benzene rings is 1. The molecule has 1 heterocycles. The van der Waals surface area contributed by atoms with Crippen LogP contribution >= 0.6 is 11.8 Å². The molecule has 0 unspecified atom stereocenters. The van der Waals surface area contributed by atoms with E-state index in [1.807, 2.05) is 30.5 Å². The monoisotopic (exact) mass is 312 g/mol. The summed E-state index contributed by atoms with van der Waals surface area (Å²) in [6, 6.07) is 8.27. The first-order valence-corrected chi connectivity index (χ1v) is 7.11. The maximum Gasteiger partial charge on any atom is 0.431 e. The van der Waals surface area contributed by atoms with Crippen LogP contribution in [-0.4, -0.2) is 16.2 Å². The molecule has 0 aliphatic heterocycles. The Labute approximate surface area is 122 Å². The van der Waals surface area contributed by atoms with Gasteiger partial charge in [0.1, 0.15) is 5.69 Å². The van der Waals surface area contributed by atoms with E-state index < -0.39 is 17.6 Å². The summed E-state index contributed by atoms with van der Waals surface area (Å²) in [6.07, 6.45) is 0.318. The van der Waals surface area contributed by atoms with Gasteiger partial charge in [0.15, 0.2) is 0 Å². The molecule has 0 atom stereocenters. The zero-order chi connectivity index (χ0) is 15.5. The van der Waals surface area contributed by atoms with Crippen molar-refractivity contribution in [2.75, 3.05) is 6.26 Å². The first-order chi connectivity index (χ1) is 9.88. The molecule has 0 spiro atoms. The summed E-state index contributed by atoms with van der Waals surface area (Å²) in [5, 5.41) is 0. The standard InChI is InChI=1S/C14H11F3N2OS/c1-21-11-6-3-9(4-7-11)2-5-10-8-12(14(15,16)17)19-13(20)18-10/h2-8H,1H3,(H,18,19,20)/b5-2+. The summed E-state index contributed by atoms with van der Waals surface area (Å²) in [7, 11) is 0. The van der Waals surface area contributed by atoms with Crippen LogP contribution in [0.1, 0.15) is 17.0 Å². The van der Waals surface area contributed by atoms with Gasteiger partial charge in [0.05, 0.1) is 5.69 Å². The van der Waals surface area contributed by atoms with Crippen molar-refractivity contribution in [2.24, 2.45) is 0 Å². The fourth-order valence-electron chi connectivity index (χ4n) is 1.61. The van der Waals surface area contributed by atoms with Gasteiger partial charge in [-0.15, -0.1) is 11.8 Å². The molecule has 2 rings (SSSR count). The van der Waals surface area contributed by atoms with Crippen molar-refractivity contribution in [1.29, 1.82) is 0 Å². The third kappa shape index (κ3) is 4.22. The van der Waals surface area contributed by atoms with Crippen molar-refractivity contribution in [3.8, 4) is 0 Å². The number of aromatic amines is 1. The van der Waals surface area contributed by atoms with Gasteiger partial charge in [-0.1, -0.05) is 18.2 Å². The normalized spacial score (nSPS) is 12.0. The number of thioether (sulfide) groups is 1. The molecule has 21 heavy (non-hydrogen) atoms.